The van der Waals surface area contributed by atoms with Gasteiger partial charge in [0.2, 0.25) is 0 Å². The summed E-state index contributed by atoms with van der Waals surface area (Å²) in [6.07, 6.45) is -4.67. The lowest BCUT2D eigenvalue weighted by Crippen LogP contribution is -2.26. The molecular weight excluding hydrogens is 289 g/mol. The van der Waals surface area contributed by atoms with Crippen LogP contribution in [0.25, 0.3) is 0 Å². The molecule has 0 saturated carbocycles. The van der Waals surface area contributed by atoms with Gasteiger partial charge < -0.3 is 10.3 Å². The minimum Gasteiger partial charge on any atom is -0.319 e. The molecule has 0 spiro atoms. The van der Waals surface area contributed by atoms with Crippen LogP contribution < -0.4 is 10.9 Å². The quantitative estimate of drug-likeness (QED) is 0.792. The van der Waals surface area contributed by atoms with Gasteiger partial charge in [0, 0.05) is 0 Å². The normalized spacial score (nSPS) is 11.5. The SMILES string of the molecule is Cc1n[nH]c(C)c1NC(=O)c1ccc(C(F)(F)F)[nH]c1=O. The number of H-pyrrole nitrogens is 2. The molecule has 112 valence electrons. The van der Waals surface area contributed by atoms with E-state index in [1.54, 1.807) is 18.8 Å². The summed E-state index contributed by atoms with van der Waals surface area (Å²) in [5, 5.41) is 8.94. The Morgan fingerprint density at radius 3 is 2.43 bits per heavy atom. The van der Waals surface area contributed by atoms with Crippen molar-refractivity contribution in [3.05, 3.63) is 45.1 Å². The van der Waals surface area contributed by atoms with Gasteiger partial charge in [-0.3, -0.25) is 14.7 Å². The number of anilines is 1. The number of rotatable bonds is 2. The van der Waals surface area contributed by atoms with Crippen LogP contribution in [0.1, 0.15) is 27.4 Å². The third-order valence-corrected chi connectivity index (χ3v) is 2.83. The Labute approximate surface area is 116 Å². The number of hydrogen-bond acceptors (Lipinski definition) is 3. The van der Waals surface area contributed by atoms with Crippen LogP contribution in [-0.4, -0.2) is 21.1 Å². The summed E-state index contributed by atoms with van der Waals surface area (Å²) in [5.74, 6) is -0.808. The predicted octanol–water partition coefficient (Wildman–Crippen LogP) is 1.99. The number of pyridine rings is 1. The molecule has 6 nitrogen and oxygen atoms in total. The lowest BCUT2D eigenvalue weighted by Gasteiger charge is -2.08. The maximum absolute atomic E-state index is 12.4. The van der Waals surface area contributed by atoms with Gasteiger partial charge >= 0.3 is 6.18 Å². The number of aryl methyl sites for hydroxylation is 2. The Morgan fingerprint density at radius 2 is 1.95 bits per heavy atom. The van der Waals surface area contributed by atoms with Crippen molar-refractivity contribution in [1.29, 1.82) is 0 Å². The minimum absolute atomic E-state index is 0.388. The van der Waals surface area contributed by atoms with E-state index in [0.29, 0.717) is 23.1 Å². The molecule has 0 aliphatic heterocycles. The van der Waals surface area contributed by atoms with Gasteiger partial charge in [-0.2, -0.15) is 18.3 Å². The highest BCUT2D eigenvalue weighted by Crippen LogP contribution is 2.26. The standard InChI is InChI=1S/C12H11F3N4O2/c1-5-9(6(2)19-18-5)17-11(21)7-3-4-8(12(13,14)15)16-10(7)20/h3-4H,1-2H3,(H,16,20)(H,17,21)(H,18,19). The van der Waals surface area contributed by atoms with Crippen molar-refractivity contribution >= 4 is 11.6 Å². The Kier molecular flexibility index (Phi) is 3.58. The molecule has 2 heterocycles. The number of nitrogens with one attached hydrogen (secondary N) is 3. The van der Waals surface area contributed by atoms with Gasteiger partial charge in [0.1, 0.15) is 11.3 Å². The summed E-state index contributed by atoms with van der Waals surface area (Å²) in [5.41, 5.74) is -1.27. The molecule has 0 radical (unpaired) electrons. The summed E-state index contributed by atoms with van der Waals surface area (Å²) in [4.78, 5) is 25.2. The summed E-state index contributed by atoms with van der Waals surface area (Å²) in [6.45, 7) is 3.29. The zero-order chi connectivity index (χ0) is 15.8. The summed E-state index contributed by atoms with van der Waals surface area (Å²) >= 11 is 0. The third-order valence-electron chi connectivity index (χ3n) is 2.83. The number of carbonyl (C=O) groups excluding carboxylic acids is 1. The Hall–Kier alpha value is -2.58. The Morgan fingerprint density at radius 1 is 1.29 bits per heavy atom. The first-order valence-electron chi connectivity index (χ1n) is 5.83. The van der Waals surface area contributed by atoms with E-state index in [0.717, 1.165) is 6.07 Å². The first kappa shape index (κ1) is 14.8. The fourth-order valence-electron chi connectivity index (χ4n) is 1.73. The van der Waals surface area contributed by atoms with Gasteiger partial charge in [-0.1, -0.05) is 0 Å². The fourth-order valence-corrected chi connectivity index (χ4v) is 1.73. The van der Waals surface area contributed by atoms with Crippen molar-refractivity contribution in [2.45, 2.75) is 20.0 Å². The molecule has 3 N–H and O–H groups in total. The molecule has 0 saturated heterocycles. The van der Waals surface area contributed by atoms with Crippen molar-refractivity contribution in [2.24, 2.45) is 0 Å². The van der Waals surface area contributed by atoms with Crippen LogP contribution in [0.15, 0.2) is 16.9 Å². The number of halogens is 3. The van der Waals surface area contributed by atoms with Crippen LogP contribution in [-0.2, 0) is 6.18 Å². The lowest BCUT2D eigenvalue weighted by atomic mass is 10.2. The first-order valence-corrected chi connectivity index (χ1v) is 5.83. The van der Waals surface area contributed by atoms with Crippen molar-refractivity contribution in [3.8, 4) is 0 Å². The third kappa shape index (κ3) is 2.96. The van der Waals surface area contributed by atoms with Crippen LogP contribution >= 0.6 is 0 Å². The largest absolute Gasteiger partial charge is 0.431 e. The van der Waals surface area contributed by atoms with Crippen LogP contribution in [0.3, 0.4) is 0 Å². The highest BCUT2D eigenvalue weighted by Gasteiger charge is 2.32. The molecule has 0 aliphatic carbocycles. The second-order valence-electron chi connectivity index (χ2n) is 4.38. The monoisotopic (exact) mass is 300 g/mol. The molecule has 9 heteroatoms. The molecule has 0 aromatic carbocycles. The second-order valence-corrected chi connectivity index (χ2v) is 4.38. The second kappa shape index (κ2) is 5.08. The number of hydrogen-bond donors (Lipinski definition) is 3. The van der Waals surface area contributed by atoms with Gasteiger partial charge in [0.05, 0.1) is 17.1 Å². The molecule has 0 unspecified atom stereocenters. The smallest absolute Gasteiger partial charge is 0.319 e. The average molecular weight is 300 g/mol. The zero-order valence-corrected chi connectivity index (χ0v) is 11.1. The molecule has 2 aromatic heterocycles. The summed E-state index contributed by atoms with van der Waals surface area (Å²) in [6, 6.07) is 1.48. The molecule has 2 aromatic rings. The molecule has 0 fully saturated rings. The number of nitrogens with zero attached hydrogens (tertiary/aromatic N) is 1. The van der Waals surface area contributed by atoms with E-state index < -0.39 is 28.9 Å². The van der Waals surface area contributed by atoms with E-state index in [4.69, 9.17) is 0 Å². The summed E-state index contributed by atoms with van der Waals surface area (Å²) in [7, 11) is 0. The fraction of sp³-hybridized carbons (Fsp3) is 0.250. The molecule has 21 heavy (non-hydrogen) atoms. The highest BCUT2D eigenvalue weighted by molar-refractivity contribution is 6.04. The number of carbonyl (C=O) groups is 1. The molecule has 1 amide bonds. The first-order chi connectivity index (χ1) is 9.70. The van der Waals surface area contributed by atoms with Gasteiger partial charge in [0.15, 0.2) is 0 Å². The zero-order valence-electron chi connectivity index (χ0n) is 11.1. The molecule has 2 rings (SSSR count). The Balaban J connectivity index is 2.31. The predicted molar refractivity (Wildman–Crippen MR) is 68.1 cm³/mol. The van der Waals surface area contributed by atoms with E-state index in [1.807, 2.05) is 0 Å². The Bertz CT molecular complexity index is 726. The van der Waals surface area contributed by atoms with Crippen LogP contribution in [0.2, 0.25) is 0 Å². The molecule has 0 bridgehead atoms. The minimum atomic E-state index is -4.67. The maximum Gasteiger partial charge on any atom is 0.431 e. The van der Waals surface area contributed by atoms with E-state index in [-0.39, 0.29) is 0 Å². The topological polar surface area (TPSA) is 90.6 Å². The number of aromatic amines is 2. The van der Waals surface area contributed by atoms with E-state index in [9.17, 15) is 22.8 Å². The molecule has 0 aliphatic rings. The average Bonchev–Trinajstić information content (AvgIpc) is 2.69. The van der Waals surface area contributed by atoms with Crippen LogP contribution in [0, 0.1) is 13.8 Å². The van der Waals surface area contributed by atoms with Crippen LogP contribution in [0.4, 0.5) is 18.9 Å². The van der Waals surface area contributed by atoms with Gasteiger partial charge in [-0.05, 0) is 26.0 Å². The van der Waals surface area contributed by atoms with E-state index in [1.165, 1.54) is 0 Å². The van der Waals surface area contributed by atoms with E-state index >= 15 is 0 Å². The number of alkyl halides is 3. The van der Waals surface area contributed by atoms with Crippen molar-refractivity contribution in [2.75, 3.05) is 5.32 Å². The number of aromatic nitrogens is 3. The lowest BCUT2D eigenvalue weighted by molar-refractivity contribution is -0.141. The van der Waals surface area contributed by atoms with Gasteiger partial charge in [-0.15, -0.1) is 0 Å². The van der Waals surface area contributed by atoms with Crippen molar-refractivity contribution < 1.29 is 18.0 Å². The molecular formula is C12H11F3N4O2. The van der Waals surface area contributed by atoms with Gasteiger partial charge in [0.25, 0.3) is 11.5 Å². The maximum atomic E-state index is 12.4. The highest BCUT2D eigenvalue weighted by atomic mass is 19.4. The van der Waals surface area contributed by atoms with Crippen LogP contribution in [0.5, 0.6) is 0 Å². The van der Waals surface area contributed by atoms with E-state index in [2.05, 4.69) is 15.5 Å². The van der Waals surface area contributed by atoms with Crippen molar-refractivity contribution in [3.63, 3.8) is 0 Å². The molecule has 0 atom stereocenters. The number of amides is 1. The van der Waals surface area contributed by atoms with Gasteiger partial charge in [-0.25, -0.2) is 0 Å². The summed E-state index contributed by atoms with van der Waals surface area (Å²) < 4.78 is 37.3. The van der Waals surface area contributed by atoms with Crippen molar-refractivity contribution in [1.82, 2.24) is 15.2 Å².